The molecule has 2 atom stereocenters. The first-order chi connectivity index (χ1) is 18.9. The predicted octanol–water partition coefficient (Wildman–Crippen LogP) is 4.01. The summed E-state index contributed by atoms with van der Waals surface area (Å²) in [4.78, 5) is 28.3. The lowest BCUT2D eigenvalue weighted by atomic mass is 9.93. The third-order valence-electron chi connectivity index (χ3n) is 6.56. The summed E-state index contributed by atoms with van der Waals surface area (Å²) in [6, 6.07) is 17.0. The summed E-state index contributed by atoms with van der Waals surface area (Å²) in [6.45, 7) is 2.42. The van der Waals surface area contributed by atoms with E-state index >= 15 is 0 Å². The van der Waals surface area contributed by atoms with Crippen molar-refractivity contribution in [2.24, 2.45) is 4.99 Å². The molecule has 9 nitrogen and oxygen atoms in total. The lowest BCUT2D eigenvalue weighted by molar-refractivity contribution is -0.117. The number of ether oxygens (including phenoxy) is 3. The number of carbonyl (C=O) groups excluding carboxylic acids is 2. The first kappa shape index (κ1) is 27.8. The van der Waals surface area contributed by atoms with E-state index in [0.29, 0.717) is 42.3 Å². The molecule has 1 aliphatic rings. The van der Waals surface area contributed by atoms with Crippen LogP contribution < -0.4 is 25.4 Å². The number of anilines is 1. The third-order valence-corrected chi connectivity index (χ3v) is 6.56. The van der Waals surface area contributed by atoms with Gasteiger partial charge in [0, 0.05) is 30.6 Å². The zero-order valence-electron chi connectivity index (χ0n) is 22.6. The molecule has 0 saturated heterocycles. The number of methoxy groups -OCH3 is 2. The van der Waals surface area contributed by atoms with Gasteiger partial charge in [-0.2, -0.15) is 0 Å². The Morgan fingerprint density at radius 2 is 1.82 bits per heavy atom. The molecule has 1 heterocycles. The van der Waals surface area contributed by atoms with E-state index in [9.17, 15) is 9.59 Å². The number of benzene rings is 3. The van der Waals surface area contributed by atoms with Gasteiger partial charge in [0.25, 0.3) is 0 Å². The Kier molecular flexibility index (Phi) is 9.30. The molecule has 0 aliphatic carbocycles. The maximum atomic E-state index is 12.4. The molecule has 4 rings (SSSR count). The molecule has 1 aliphatic heterocycles. The quantitative estimate of drug-likeness (QED) is 0.323. The third kappa shape index (κ3) is 6.81. The summed E-state index contributed by atoms with van der Waals surface area (Å²) in [5.74, 6) is 0.965. The second kappa shape index (κ2) is 13.0. The molecule has 0 fully saturated rings. The van der Waals surface area contributed by atoms with Gasteiger partial charge >= 0.3 is 0 Å². The molecule has 2 unspecified atom stereocenters. The van der Waals surface area contributed by atoms with Crippen molar-refractivity contribution in [3.63, 3.8) is 0 Å². The van der Waals surface area contributed by atoms with Crippen molar-refractivity contribution in [2.75, 3.05) is 26.6 Å². The van der Waals surface area contributed by atoms with Crippen LogP contribution in [-0.2, 0) is 34.0 Å². The van der Waals surface area contributed by atoms with Crippen molar-refractivity contribution in [2.45, 2.75) is 38.6 Å². The van der Waals surface area contributed by atoms with Gasteiger partial charge in [-0.15, -0.1) is 0 Å². The molecule has 3 N–H and O–H groups in total. The highest BCUT2D eigenvalue weighted by Gasteiger charge is 2.20. The second-order valence-electron chi connectivity index (χ2n) is 9.31. The van der Waals surface area contributed by atoms with Gasteiger partial charge in [-0.25, -0.2) is 0 Å². The Bertz CT molecular complexity index is 1360. The molecule has 3 aromatic rings. The number of rotatable bonds is 11. The molecular weight excluding hydrogens is 496 g/mol. The number of aliphatic imine (C=N–C) groups is 1. The average molecular weight is 531 g/mol. The number of nitrogens with one attached hydrogen (secondary N) is 3. The molecule has 9 heteroatoms. The van der Waals surface area contributed by atoms with Crippen molar-refractivity contribution < 1.29 is 23.8 Å². The summed E-state index contributed by atoms with van der Waals surface area (Å²) in [6.07, 6.45) is 3.06. The van der Waals surface area contributed by atoms with Gasteiger partial charge in [0.2, 0.25) is 12.3 Å². The minimum atomic E-state index is -0.337. The van der Waals surface area contributed by atoms with E-state index in [1.807, 2.05) is 48.5 Å². The molecule has 2 amide bonds. The van der Waals surface area contributed by atoms with Crippen LogP contribution >= 0.6 is 0 Å². The molecule has 0 bridgehead atoms. The highest BCUT2D eigenvalue weighted by molar-refractivity contribution is 5.94. The van der Waals surface area contributed by atoms with E-state index in [2.05, 4.69) is 22.0 Å². The van der Waals surface area contributed by atoms with E-state index in [-0.39, 0.29) is 24.6 Å². The van der Waals surface area contributed by atoms with Crippen molar-refractivity contribution in [1.82, 2.24) is 10.6 Å². The number of hydrogen-bond donors (Lipinski definition) is 3. The summed E-state index contributed by atoms with van der Waals surface area (Å²) in [7, 11) is 4.97. The lowest BCUT2D eigenvalue weighted by Gasteiger charge is -2.21. The van der Waals surface area contributed by atoms with E-state index in [0.717, 1.165) is 27.8 Å². The van der Waals surface area contributed by atoms with Gasteiger partial charge < -0.3 is 30.2 Å². The monoisotopic (exact) mass is 530 g/mol. The van der Waals surface area contributed by atoms with Crippen LogP contribution in [0.25, 0.3) is 11.1 Å². The van der Waals surface area contributed by atoms with Crippen LogP contribution in [0.4, 0.5) is 11.4 Å². The van der Waals surface area contributed by atoms with Crippen LogP contribution in [0, 0.1) is 0 Å². The number of likely N-dealkylation sites (N-methyl/N-ethyl adjacent to an activating group) is 1. The van der Waals surface area contributed by atoms with Crippen LogP contribution in [0.5, 0.6) is 11.5 Å². The second-order valence-corrected chi connectivity index (χ2v) is 9.31. The normalized spacial score (nSPS) is 15.5. The molecule has 39 heavy (non-hydrogen) atoms. The zero-order chi connectivity index (χ0) is 27.8. The maximum absolute atomic E-state index is 12.4. The van der Waals surface area contributed by atoms with Crippen molar-refractivity contribution in [3.8, 4) is 22.6 Å². The van der Waals surface area contributed by atoms with E-state index in [1.54, 1.807) is 34.4 Å². The van der Waals surface area contributed by atoms with Gasteiger partial charge in [0.1, 0.15) is 6.61 Å². The Hall–Kier alpha value is -4.21. The van der Waals surface area contributed by atoms with Crippen LogP contribution in [0.2, 0.25) is 0 Å². The highest BCUT2D eigenvalue weighted by atomic mass is 16.5. The van der Waals surface area contributed by atoms with Gasteiger partial charge in [-0.1, -0.05) is 24.3 Å². The first-order valence-corrected chi connectivity index (χ1v) is 12.7. The molecular formula is C30H34N4O5. The van der Waals surface area contributed by atoms with Crippen molar-refractivity contribution >= 4 is 29.9 Å². The molecule has 0 saturated carbocycles. The van der Waals surface area contributed by atoms with Gasteiger partial charge in [-0.3, -0.25) is 14.6 Å². The Labute approximate surface area is 228 Å². The minimum Gasteiger partial charge on any atom is -0.493 e. The number of carbonyl (C=O) groups is 2. The summed E-state index contributed by atoms with van der Waals surface area (Å²) < 4.78 is 17.3. The lowest BCUT2D eigenvalue weighted by Crippen LogP contribution is -2.35. The first-order valence-electron chi connectivity index (χ1n) is 12.7. The number of hydrogen-bond acceptors (Lipinski definition) is 7. The fourth-order valence-electron chi connectivity index (χ4n) is 4.47. The predicted molar refractivity (Wildman–Crippen MR) is 152 cm³/mol. The van der Waals surface area contributed by atoms with E-state index in [4.69, 9.17) is 19.2 Å². The smallest absolute Gasteiger partial charge is 0.241 e. The molecule has 204 valence electrons. The molecule has 0 radical (unpaired) electrons. The Balaban J connectivity index is 1.65. The van der Waals surface area contributed by atoms with Crippen molar-refractivity contribution in [3.05, 3.63) is 71.3 Å². The summed E-state index contributed by atoms with van der Waals surface area (Å²) in [5, 5.41) is 8.71. The highest BCUT2D eigenvalue weighted by Crippen LogP contribution is 2.42. The van der Waals surface area contributed by atoms with Crippen LogP contribution in [0.1, 0.15) is 23.6 Å². The van der Waals surface area contributed by atoms with Crippen molar-refractivity contribution in [1.29, 1.82) is 0 Å². The van der Waals surface area contributed by atoms with Gasteiger partial charge in [-0.05, 0) is 66.9 Å². The molecule has 3 aromatic carbocycles. The summed E-state index contributed by atoms with van der Waals surface area (Å²) >= 11 is 0. The van der Waals surface area contributed by atoms with E-state index in [1.165, 1.54) is 0 Å². The van der Waals surface area contributed by atoms with Gasteiger partial charge in [0.15, 0.2) is 11.5 Å². The standard InChI is InChI=1S/C30H34N4O5/c1-19(31-2)30(36)34-23-10-20(16-37-3)9-21(11-23)17-39-29-14-27-26(13-28(29)38-4)25-8-6-5-7-22(25)12-24(15-32-27)33-18-35/h5-11,13-15,18-19,24,31H,12,16-17H2,1-4H3,(H,33,35)(H,34,36)/b32-15-. The number of nitrogens with zero attached hydrogens (tertiary/aromatic N) is 1. The SMILES string of the molecule is CNC(C)C(=O)Nc1cc(COC)cc(COc2cc3c(cc2OC)-c2ccccc2CC(NC=O)/C=N\3)c1. The average Bonchev–Trinajstić information content (AvgIpc) is 2.93. The summed E-state index contributed by atoms with van der Waals surface area (Å²) in [5.41, 5.74) is 6.17. The zero-order valence-corrected chi connectivity index (χ0v) is 22.6. The molecule has 0 spiro atoms. The van der Waals surface area contributed by atoms with Crippen LogP contribution in [0.15, 0.2) is 59.6 Å². The topological polar surface area (TPSA) is 110 Å². The maximum Gasteiger partial charge on any atom is 0.241 e. The number of amides is 2. The fraction of sp³-hybridized carbons (Fsp3) is 0.300. The van der Waals surface area contributed by atoms with Crippen LogP contribution in [0.3, 0.4) is 0 Å². The Morgan fingerprint density at radius 3 is 2.54 bits per heavy atom. The molecule has 0 aromatic heterocycles. The van der Waals surface area contributed by atoms with Crippen LogP contribution in [-0.4, -0.2) is 51.9 Å². The van der Waals surface area contributed by atoms with E-state index < -0.39 is 0 Å². The largest absolute Gasteiger partial charge is 0.493 e. The van der Waals surface area contributed by atoms with Gasteiger partial charge in [0.05, 0.1) is 31.5 Å². The number of fused-ring (bicyclic) bond motifs is 3. The Morgan fingerprint density at radius 1 is 1.05 bits per heavy atom. The minimum absolute atomic E-state index is 0.136. The fourth-order valence-corrected chi connectivity index (χ4v) is 4.47.